The highest BCUT2D eigenvalue weighted by molar-refractivity contribution is 7.26. The molecule has 0 aliphatic rings. The Labute approximate surface area is 305 Å². The van der Waals surface area contributed by atoms with Gasteiger partial charge in [-0.1, -0.05) is 140 Å². The van der Waals surface area contributed by atoms with Crippen molar-refractivity contribution in [3.8, 4) is 61.7 Å². The topological polar surface area (TPSA) is 36.9 Å². The van der Waals surface area contributed by atoms with Crippen LogP contribution in [0.25, 0.3) is 97.7 Å². The molecule has 2 nitrogen and oxygen atoms in total. The van der Waals surface area contributed by atoms with E-state index in [-0.39, 0.29) is 0 Å². The number of nitriles is 1. The van der Waals surface area contributed by atoms with Crippen molar-refractivity contribution in [2.45, 2.75) is 0 Å². The molecule has 0 bridgehead atoms. The van der Waals surface area contributed by atoms with E-state index in [2.05, 4.69) is 140 Å². The molecule has 0 atom stereocenters. The molecule has 0 aliphatic carbocycles. The largest absolute Gasteiger partial charge is 0.455 e. The maximum atomic E-state index is 10.2. The van der Waals surface area contributed by atoms with E-state index >= 15 is 0 Å². The average Bonchev–Trinajstić information content (AvgIpc) is 3.79. The predicted molar refractivity (Wildman–Crippen MR) is 219 cm³/mol. The van der Waals surface area contributed by atoms with E-state index < -0.39 is 0 Å². The monoisotopic (exact) mass is 679 g/mol. The number of furan rings is 1. The van der Waals surface area contributed by atoms with E-state index in [0.717, 1.165) is 72.0 Å². The lowest BCUT2D eigenvalue weighted by Gasteiger charge is -2.19. The number of rotatable bonds is 5. The standard InChI is InChI=1S/C49H29NOS/c50-30-32-15-4-5-16-36(32)34-27-33(31-13-2-1-3-14-31)28-35(29-34)47-39(42-22-11-21-41-37-17-6-8-25-45(37)51-48(41)42)19-10-20-40(47)44-24-12-23-43-38-18-7-9-26-46(38)52-49(43)44/h1-29H. The molecule has 0 spiro atoms. The van der Waals surface area contributed by atoms with Crippen LogP contribution in [0.3, 0.4) is 0 Å². The summed E-state index contributed by atoms with van der Waals surface area (Å²) in [5.74, 6) is 0. The van der Waals surface area contributed by atoms with Crippen LogP contribution in [0.15, 0.2) is 180 Å². The Morgan fingerprint density at radius 1 is 0.423 bits per heavy atom. The van der Waals surface area contributed by atoms with Crippen molar-refractivity contribution in [2.75, 3.05) is 0 Å². The molecule has 52 heavy (non-hydrogen) atoms. The van der Waals surface area contributed by atoms with E-state index in [1.165, 1.54) is 25.7 Å². The lowest BCUT2D eigenvalue weighted by molar-refractivity contribution is 0.670. The third-order valence-corrected chi connectivity index (χ3v) is 11.4. The van der Waals surface area contributed by atoms with Crippen LogP contribution in [0.2, 0.25) is 0 Å². The van der Waals surface area contributed by atoms with Gasteiger partial charge in [0.15, 0.2) is 0 Å². The lowest BCUT2D eigenvalue weighted by Crippen LogP contribution is -1.94. The van der Waals surface area contributed by atoms with Gasteiger partial charge >= 0.3 is 0 Å². The molecule has 0 N–H and O–H groups in total. The van der Waals surface area contributed by atoms with Crippen molar-refractivity contribution < 1.29 is 4.42 Å². The molecule has 0 saturated carbocycles. The zero-order valence-corrected chi connectivity index (χ0v) is 28.8. The molecule has 0 fully saturated rings. The van der Waals surface area contributed by atoms with Gasteiger partial charge in [0.05, 0.1) is 11.6 Å². The van der Waals surface area contributed by atoms with Crippen LogP contribution in [0.1, 0.15) is 5.56 Å². The minimum absolute atomic E-state index is 0.647. The number of fused-ring (bicyclic) bond motifs is 6. The van der Waals surface area contributed by atoms with Gasteiger partial charge in [-0.25, -0.2) is 0 Å². The van der Waals surface area contributed by atoms with Gasteiger partial charge in [-0.3, -0.25) is 0 Å². The van der Waals surface area contributed by atoms with Crippen molar-refractivity contribution in [3.63, 3.8) is 0 Å². The molecule has 10 aromatic rings. The summed E-state index contributed by atoms with van der Waals surface area (Å²) in [6, 6.07) is 64.4. The summed E-state index contributed by atoms with van der Waals surface area (Å²) in [5.41, 5.74) is 13.2. The minimum atomic E-state index is 0.647. The second-order valence-electron chi connectivity index (χ2n) is 13.1. The molecular formula is C49H29NOS. The summed E-state index contributed by atoms with van der Waals surface area (Å²) < 4.78 is 9.20. The first-order chi connectivity index (χ1) is 25.7. The Kier molecular flexibility index (Phi) is 7.09. The van der Waals surface area contributed by atoms with Crippen LogP contribution in [0.4, 0.5) is 0 Å². The number of thiophene rings is 1. The second-order valence-corrected chi connectivity index (χ2v) is 14.2. The summed E-state index contributed by atoms with van der Waals surface area (Å²) in [5, 5.41) is 14.9. The van der Waals surface area contributed by atoms with Crippen LogP contribution in [-0.2, 0) is 0 Å². The van der Waals surface area contributed by atoms with Gasteiger partial charge in [-0.05, 0) is 80.9 Å². The fourth-order valence-corrected chi connectivity index (χ4v) is 9.02. The Balaban J connectivity index is 1.34. The summed E-state index contributed by atoms with van der Waals surface area (Å²) in [6.45, 7) is 0. The molecule has 0 aliphatic heterocycles. The first kappa shape index (κ1) is 30.1. The SMILES string of the molecule is N#Cc1ccccc1-c1cc(-c2ccccc2)cc(-c2c(-c3cccc4c3oc3ccccc34)cccc2-c2cccc3c2sc2ccccc23)c1. The molecule has 0 saturated heterocycles. The average molecular weight is 680 g/mol. The Bertz CT molecular complexity index is 2900. The van der Waals surface area contributed by atoms with Gasteiger partial charge < -0.3 is 4.42 Å². The summed E-state index contributed by atoms with van der Waals surface area (Å²) >= 11 is 1.84. The smallest absolute Gasteiger partial charge is 0.143 e. The molecule has 8 aromatic carbocycles. The van der Waals surface area contributed by atoms with Gasteiger partial charge in [0.25, 0.3) is 0 Å². The van der Waals surface area contributed by atoms with Gasteiger partial charge in [0, 0.05) is 42.1 Å². The summed E-state index contributed by atoms with van der Waals surface area (Å²) in [4.78, 5) is 0. The molecule has 3 heteroatoms. The lowest BCUT2D eigenvalue weighted by atomic mass is 9.84. The van der Waals surface area contributed by atoms with Gasteiger partial charge in [-0.2, -0.15) is 5.26 Å². The number of hydrogen-bond acceptors (Lipinski definition) is 3. The van der Waals surface area contributed by atoms with Gasteiger partial charge in [0.1, 0.15) is 11.2 Å². The zero-order valence-electron chi connectivity index (χ0n) is 28.0. The molecule has 0 radical (unpaired) electrons. The van der Waals surface area contributed by atoms with Gasteiger partial charge in [-0.15, -0.1) is 11.3 Å². The first-order valence-electron chi connectivity index (χ1n) is 17.4. The molecule has 0 amide bonds. The number of nitrogens with zero attached hydrogens (tertiary/aromatic N) is 1. The van der Waals surface area contributed by atoms with Crippen molar-refractivity contribution in [3.05, 3.63) is 181 Å². The Morgan fingerprint density at radius 2 is 1.02 bits per heavy atom. The highest BCUT2D eigenvalue weighted by atomic mass is 32.1. The van der Waals surface area contributed by atoms with E-state index in [1.54, 1.807) is 0 Å². The molecule has 2 aromatic heterocycles. The Hall–Kier alpha value is -6.73. The normalized spacial score (nSPS) is 11.4. The van der Waals surface area contributed by atoms with Crippen LogP contribution < -0.4 is 0 Å². The highest BCUT2D eigenvalue weighted by Crippen LogP contribution is 2.48. The maximum Gasteiger partial charge on any atom is 0.143 e. The second kappa shape index (κ2) is 12.2. The van der Waals surface area contributed by atoms with Crippen LogP contribution >= 0.6 is 11.3 Å². The van der Waals surface area contributed by atoms with E-state index in [0.29, 0.717) is 5.56 Å². The highest BCUT2D eigenvalue weighted by Gasteiger charge is 2.22. The van der Waals surface area contributed by atoms with E-state index in [4.69, 9.17) is 4.42 Å². The van der Waals surface area contributed by atoms with Crippen LogP contribution in [-0.4, -0.2) is 0 Å². The van der Waals surface area contributed by atoms with Crippen molar-refractivity contribution in [1.82, 2.24) is 0 Å². The number of para-hydroxylation sites is 2. The minimum Gasteiger partial charge on any atom is -0.455 e. The molecule has 0 unspecified atom stereocenters. The van der Waals surface area contributed by atoms with Crippen molar-refractivity contribution in [2.24, 2.45) is 0 Å². The van der Waals surface area contributed by atoms with E-state index in [9.17, 15) is 5.26 Å². The molecule has 242 valence electrons. The van der Waals surface area contributed by atoms with E-state index in [1.807, 2.05) is 53.8 Å². The fraction of sp³-hybridized carbons (Fsp3) is 0. The van der Waals surface area contributed by atoms with Crippen molar-refractivity contribution >= 4 is 53.4 Å². The van der Waals surface area contributed by atoms with Crippen LogP contribution in [0, 0.1) is 11.3 Å². The number of benzene rings is 8. The molecule has 10 rings (SSSR count). The van der Waals surface area contributed by atoms with Gasteiger partial charge in [0.2, 0.25) is 0 Å². The molecule has 2 heterocycles. The molecular weight excluding hydrogens is 651 g/mol. The zero-order chi connectivity index (χ0) is 34.6. The van der Waals surface area contributed by atoms with Crippen molar-refractivity contribution in [1.29, 1.82) is 5.26 Å². The first-order valence-corrected chi connectivity index (χ1v) is 18.2. The third-order valence-electron chi connectivity index (χ3n) is 10.1. The summed E-state index contributed by atoms with van der Waals surface area (Å²) in [7, 11) is 0. The predicted octanol–water partition coefficient (Wildman–Crippen LogP) is 14.2. The number of hydrogen-bond donors (Lipinski definition) is 0. The Morgan fingerprint density at radius 3 is 1.88 bits per heavy atom. The maximum absolute atomic E-state index is 10.2. The fourth-order valence-electron chi connectivity index (χ4n) is 7.79. The third kappa shape index (κ3) is 4.85. The van der Waals surface area contributed by atoms with Crippen LogP contribution in [0.5, 0.6) is 0 Å². The summed E-state index contributed by atoms with van der Waals surface area (Å²) in [6.07, 6.45) is 0. The quantitative estimate of drug-likeness (QED) is 0.182.